The van der Waals surface area contributed by atoms with Gasteiger partial charge in [-0.15, -0.1) is 0 Å². The number of aromatic amines is 1. The summed E-state index contributed by atoms with van der Waals surface area (Å²) < 4.78 is 19.4. The second-order valence-electron chi connectivity index (χ2n) is 10.6. The lowest BCUT2D eigenvalue weighted by molar-refractivity contribution is -0.127. The number of hydrogen-bond donors (Lipinski definition) is 3. The minimum Gasteiger partial charge on any atom is -0.481 e. The van der Waals surface area contributed by atoms with Crippen LogP contribution in [0, 0.1) is 17.7 Å². The van der Waals surface area contributed by atoms with Crippen molar-refractivity contribution in [1.82, 2.24) is 35.4 Å². The molecule has 12 heteroatoms. The Labute approximate surface area is 224 Å². The number of ether oxygens (including phenoxy) is 1. The zero-order valence-electron chi connectivity index (χ0n) is 21.6. The zero-order chi connectivity index (χ0) is 27.1. The number of H-pyrrole nitrogens is 1. The molecule has 39 heavy (non-hydrogen) atoms. The molecule has 0 bridgehead atoms. The van der Waals surface area contributed by atoms with E-state index in [1.165, 1.54) is 19.2 Å². The number of carbonyl (C=O) groups excluding carboxylic acids is 2. The molecular formula is C27H30FN7O4. The fourth-order valence-electron chi connectivity index (χ4n) is 5.72. The van der Waals surface area contributed by atoms with Gasteiger partial charge in [-0.2, -0.15) is 5.10 Å². The van der Waals surface area contributed by atoms with Crippen molar-refractivity contribution in [1.29, 1.82) is 0 Å². The maximum absolute atomic E-state index is 14.4. The second-order valence-corrected chi connectivity index (χ2v) is 10.6. The Balaban J connectivity index is 1.10. The molecule has 3 atom stereocenters. The number of methoxy groups -OCH3 is 1. The van der Waals surface area contributed by atoms with Crippen molar-refractivity contribution in [2.45, 2.75) is 50.1 Å². The lowest BCUT2D eigenvalue weighted by Crippen LogP contribution is -2.50. The van der Waals surface area contributed by atoms with E-state index in [2.05, 4.69) is 30.5 Å². The lowest BCUT2D eigenvalue weighted by atomic mass is 9.88. The third-order valence-electron chi connectivity index (χ3n) is 8.21. The maximum atomic E-state index is 14.4. The summed E-state index contributed by atoms with van der Waals surface area (Å²) in [6, 6.07) is 2.97. The van der Waals surface area contributed by atoms with Crippen LogP contribution in [0.4, 0.5) is 4.39 Å². The van der Waals surface area contributed by atoms with Gasteiger partial charge in [-0.25, -0.2) is 9.37 Å². The van der Waals surface area contributed by atoms with Gasteiger partial charge in [-0.1, -0.05) is 0 Å². The minimum atomic E-state index is -0.564. The Morgan fingerprint density at radius 2 is 2.08 bits per heavy atom. The van der Waals surface area contributed by atoms with Crippen LogP contribution in [-0.2, 0) is 11.3 Å². The molecule has 3 aromatic heterocycles. The molecule has 3 aromatic rings. The molecule has 1 saturated heterocycles. The van der Waals surface area contributed by atoms with E-state index >= 15 is 0 Å². The Morgan fingerprint density at radius 1 is 1.26 bits per heavy atom. The van der Waals surface area contributed by atoms with Crippen molar-refractivity contribution in [3.8, 4) is 17.1 Å². The van der Waals surface area contributed by atoms with Crippen LogP contribution in [0.1, 0.15) is 59.9 Å². The molecule has 204 valence electrons. The van der Waals surface area contributed by atoms with Crippen LogP contribution in [0.3, 0.4) is 0 Å². The van der Waals surface area contributed by atoms with Gasteiger partial charge in [0.25, 0.3) is 5.91 Å². The number of rotatable bonds is 8. The summed E-state index contributed by atoms with van der Waals surface area (Å²) in [6.07, 6.45) is 7.99. The van der Waals surface area contributed by atoms with Gasteiger partial charge < -0.3 is 20.1 Å². The normalized spacial score (nSPS) is 22.9. The van der Waals surface area contributed by atoms with E-state index in [4.69, 9.17) is 4.74 Å². The van der Waals surface area contributed by atoms with E-state index in [1.807, 2.05) is 4.90 Å². The quantitative estimate of drug-likeness (QED) is 0.398. The number of amides is 2. The Morgan fingerprint density at radius 3 is 2.82 bits per heavy atom. The molecule has 11 nitrogen and oxygen atoms in total. The third kappa shape index (κ3) is 4.84. The molecule has 0 unspecified atom stereocenters. The van der Waals surface area contributed by atoms with Gasteiger partial charge >= 0.3 is 0 Å². The monoisotopic (exact) mass is 535 g/mol. The molecule has 6 rings (SSSR count). The van der Waals surface area contributed by atoms with Gasteiger partial charge in [0.1, 0.15) is 5.69 Å². The fourth-order valence-corrected chi connectivity index (χ4v) is 5.72. The zero-order valence-corrected chi connectivity index (χ0v) is 21.6. The van der Waals surface area contributed by atoms with Crippen LogP contribution in [-0.4, -0.2) is 72.8 Å². The average Bonchev–Trinajstić information content (AvgIpc) is 3.87. The Hall–Kier alpha value is -3.93. The smallest absolute Gasteiger partial charge is 0.272 e. The van der Waals surface area contributed by atoms with Gasteiger partial charge in [0.05, 0.1) is 36.9 Å². The molecule has 2 saturated carbocycles. The van der Waals surface area contributed by atoms with E-state index in [9.17, 15) is 19.1 Å². The van der Waals surface area contributed by atoms with Gasteiger partial charge in [0.15, 0.2) is 5.82 Å². The molecule has 0 radical (unpaired) electrons. The third-order valence-corrected chi connectivity index (χ3v) is 8.21. The van der Waals surface area contributed by atoms with Crippen LogP contribution in [0.2, 0.25) is 0 Å². The molecule has 0 aromatic carbocycles. The number of likely N-dealkylation sites (tertiary alicyclic amines) is 1. The summed E-state index contributed by atoms with van der Waals surface area (Å²) in [5, 5.41) is 19.3. The van der Waals surface area contributed by atoms with E-state index in [0.29, 0.717) is 19.4 Å². The predicted molar refractivity (Wildman–Crippen MR) is 136 cm³/mol. The standard InChI is InChI=1S/C27H30FN7O4/c1-39-23-9-18(19(28)12-31-23)20-10-21(34-33-20)26(38)35-7-2-15(11-27(35)3-4-27)25(37)32-13-22-24(30-6-5-29-22)17-8-16(17)14-36/h5-6,9-10,12,15-17,36H,2-4,7-8,11,13-14H2,1H3,(H,32,37)(H,33,34)/t15-,16-,17+/m0/s1. The molecule has 3 aliphatic rings. The SMILES string of the molecule is COc1cc(-c2cc(C(=O)N3CC[C@H](C(=O)NCc4nccnc4[C@@H]4C[C@H]4CO)CC34CC4)[nH]n2)c(F)cn1. The van der Waals surface area contributed by atoms with Crippen molar-refractivity contribution < 1.29 is 23.8 Å². The minimum absolute atomic E-state index is 0.0505. The number of halogens is 1. The van der Waals surface area contributed by atoms with Crippen LogP contribution >= 0.6 is 0 Å². The van der Waals surface area contributed by atoms with Crippen LogP contribution in [0.5, 0.6) is 5.88 Å². The first kappa shape index (κ1) is 25.4. The second kappa shape index (κ2) is 9.99. The average molecular weight is 536 g/mol. The highest BCUT2D eigenvalue weighted by Crippen LogP contribution is 2.51. The van der Waals surface area contributed by atoms with E-state index < -0.39 is 5.82 Å². The predicted octanol–water partition coefficient (Wildman–Crippen LogP) is 2.21. The summed E-state index contributed by atoms with van der Waals surface area (Å²) in [7, 11) is 1.44. The van der Waals surface area contributed by atoms with Crippen LogP contribution < -0.4 is 10.1 Å². The highest BCUT2D eigenvalue weighted by Gasteiger charge is 2.54. The van der Waals surface area contributed by atoms with Gasteiger partial charge in [-0.3, -0.25) is 24.7 Å². The number of hydrogen-bond acceptors (Lipinski definition) is 8. The fraction of sp³-hybridized carbons (Fsp3) is 0.481. The largest absolute Gasteiger partial charge is 0.481 e. The van der Waals surface area contributed by atoms with Gasteiger partial charge in [0.2, 0.25) is 11.8 Å². The number of nitrogens with zero attached hydrogens (tertiary/aromatic N) is 5. The van der Waals surface area contributed by atoms with Crippen molar-refractivity contribution in [3.63, 3.8) is 0 Å². The number of pyridine rings is 1. The number of aliphatic hydroxyl groups is 1. The first-order valence-electron chi connectivity index (χ1n) is 13.2. The van der Waals surface area contributed by atoms with Crippen LogP contribution in [0.25, 0.3) is 11.3 Å². The summed E-state index contributed by atoms with van der Waals surface area (Å²) >= 11 is 0. The molecule has 1 aliphatic heterocycles. The number of nitrogens with one attached hydrogen (secondary N) is 2. The number of aromatic nitrogens is 5. The van der Waals surface area contributed by atoms with Crippen LogP contribution in [0.15, 0.2) is 30.7 Å². The Kier molecular flexibility index (Phi) is 6.49. The van der Waals surface area contributed by atoms with E-state index in [1.54, 1.807) is 12.4 Å². The highest BCUT2D eigenvalue weighted by atomic mass is 19.1. The van der Waals surface area contributed by atoms with Crippen molar-refractivity contribution >= 4 is 11.8 Å². The first-order valence-corrected chi connectivity index (χ1v) is 13.2. The van der Waals surface area contributed by atoms with Gasteiger partial charge in [-0.05, 0) is 44.1 Å². The lowest BCUT2D eigenvalue weighted by Gasteiger charge is -2.39. The molecular weight excluding hydrogens is 505 g/mol. The topological polar surface area (TPSA) is 146 Å². The summed E-state index contributed by atoms with van der Waals surface area (Å²) in [5.41, 5.74) is 1.97. The van der Waals surface area contributed by atoms with Gasteiger partial charge in [0, 0.05) is 54.5 Å². The number of aliphatic hydroxyl groups excluding tert-OH is 1. The molecule has 3 N–H and O–H groups in total. The number of piperidine rings is 1. The first-order chi connectivity index (χ1) is 18.9. The van der Waals surface area contributed by atoms with E-state index in [-0.39, 0.29) is 71.1 Å². The summed E-state index contributed by atoms with van der Waals surface area (Å²) in [6.45, 7) is 0.858. The molecule has 3 fully saturated rings. The Bertz CT molecular complexity index is 1410. The summed E-state index contributed by atoms with van der Waals surface area (Å²) in [4.78, 5) is 41.1. The highest BCUT2D eigenvalue weighted by molar-refractivity contribution is 5.94. The summed E-state index contributed by atoms with van der Waals surface area (Å²) in [5.74, 6) is -0.379. The maximum Gasteiger partial charge on any atom is 0.272 e. The van der Waals surface area contributed by atoms with Crippen molar-refractivity contribution in [3.05, 3.63) is 53.6 Å². The van der Waals surface area contributed by atoms with E-state index in [0.717, 1.165) is 36.8 Å². The molecule has 4 heterocycles. The molecule has 1 spiro atoms. The molecule has 2 aliphatic carbocycles. The van der Waals surface area contributed by atoms with Crippen molar-refractivity contribution in [2.75, 3.05) is 20.3 Å². The van der Waals surface area contributed by atoms with Crippen molar-refractivity contribution in [2.24, 2.45) is 11.8 Å². The molecule has 2 amide bonds. The number of carbonyl (C=O) groups is 2.